The van der Waals surface area contributed by atoms with E-state index in [4.69, 9.17) is 4.74 Å². The minimum Gasteiger partial charge on any atom is -0.822 e. The Morgan fingerprint density at radius 1 is 0.765 bits per heavy atom. The Morgan fingerprint density at radius 3 is 1.82 bits per heavy atom. The number of nitrogens with zero attached hydrogens (tertiary/aromatic N) is 2. The van der Waals surface area contributed by atoms with E-state index >= 15 is 0 Å². The highest BCUT2D eigenvalue weighted by Crippen LogP contribution is 2.29. The molecule has 0 amide bonds. The number of hydrogen-bond donors (Lipinski definition) is 0. The molecule has 0 spiro atoms. The third-order valence-electron chi connectivity index (χ3n) is 5.76. The van der Waals surface area contributed by atoms with Gasteiger partial charge in [0.15, 0.2) is 18.1 Å². The zero-order chi connectivity index (χ0) is 23.3. The summed E-state index contributed by atoms with van der Waals surface area (Å²) in [6.45, 7) is 0. The highest BCUT2D eigenvalue weighted by atomic mass is 16.5. The molecule has 0 radical (unpaired) electrons. The van der Waals surface area contributed by atoms with Crippen LogP contribution >= 0.6 is 0 Å². The highest BCUT2D eigenvalue weighted by Gasteiger charge is 2.32. The summed E-state index contributed by atoms with van der Waals surface area (Å²) in [5.74, 6) is 0.621. The van der Waals surface area contributed by atoms with Gasteiger partial charge in [0.25, 0.3) is 0 Å². The maximum atomic E-state index is 14.2. The van der Waals surface area contributed by atoms with Crippen molar-refractivity contribution >= 4 is 23.2 Å². The lowest BCUT2D eigenvalue weighted by Gasteiger charge is -2.17. The fraction of sp³-hybridized carbons (Fsp3) is 0.0667. The summed E-state index contributed by atoms with van der Waals surface area (Å²) < 4.78 is 7.03. The Labute approximate surface area is 199 Å². The van der Waals surface area contributed by atoms with Gasteiger partial charge in [-0.25, -0.2) is 0 Å². The van der Waals surface area contributed by atoms with Crippen LogP contribution in [0.1, 0.15) is 16.7 Å². The van der Waals surface area contributed by atoms with E-state index in [1.54, 1.807) is 11.7 Å². The Kier molecular flexibility index (Phi) is 6.04. The molecule has 4 nitrogen and oxygen atoms in total. The normalized spacial score (nSPS) is 14.8. The van der Waals surface area contributed by atoms with Gasteiger partial charge in [0.1, 0.15) is 5.75 Å². The van der Waals surface area contributed by atoms with Gasteiger partial charge in [-0.3, -0.25) is 4.99 Å². The summed E-state index contributed by atoms with van der Waals surface area (Å²) in [6.07, 6.45) is 1.90. The lowest BCUT2D eigenvalue weighted by molar-refractivity contribution is -0.544. The van der Waals surface area contributed by atoms with Crippen molar-refractivity contribution in [2.45, 2.75) is 6.04 Å². The molecule has 0 N–H and O–H groups in total. The van der Waals surface area contributed by atoms with Crippen LogP contribution in [0.5, 0.6) is 5.75 Å². The summed E-state index contributed by atoms with van der Waals surface area (Å²) >= 11 is 0. The van der Waals surface area contributed by atoms with E-state index in [1.807, 2.05) is 121 Å². The lowest BCUT2D eigenvalue weighted by Crippen LogP contribution is -2.23. The molecule has 0 bridgehead atoms. The van der Waals surface area contributed by atoms with Crippen LogP contribution < -0.4 is 9.84 Å². The first kappa shape index (κ1) is 21.4. The molecular formula is C30H24N2O2. The molecule has 4 aromatic rings. The van der Waals surface area contributed by atoms with E-state index in [2.05, 4.69) is 4.99 Å². The Hall–Kier alpha value is -4.44. The van der Waals surface area contributed by atoms with Crippen molar-refractivity contribution < 1.29 is 14.4 Å². The van der Waals surface area contributed by atoms with Crippen molar-refractivity contribution in [3.63, 3.8) is 0 Å². The van der Waals surface area contributed by atoms with E-state index in [1.165, 1.54) is 0 Å². The van der Waals surface area contributed by atoms with Gasteiger partial charge in [-0.05, 0) is 28.8 Å². The molecule has 0 aliphatic carbocycles. The zero-order valence-electron chi connectivity index (χ0n) is 18.8. The Bertz CT molecular complexity index is 1320. The molecule has 166 valence electrons. The molecule has 1 unspecified atom stereocenters. The van der Waals surface area contributed by atoms with Crippen LogP contribution in [0.4, 0.5) is 5.69 Å². The zero-order valence-corrected chi connectivity index (χ0v) is 18.8. The van der Waals surface area contributed by atoms with Crippen LogP contribution in [-0.4, -0.2) is 29.7 Å². The van der Waals surface area contributed by atoms with Gasteiger partial charge in [-0.1, -0.05) is 91.0 Å². The van der Waals surface area contributed by atoms with Crippen LogP contribution in [-0.2, 0) is 0 Å². The molecule has 0 aromatic heterocycles. The van der Waals surface area contributed by atoms with Gasteiger partial charge in [0, 0.05) is 17.7 Å². The predicted molar refractivity (Wildman–Crippen MR) is 135 cm³/mol. The second kappa shape index (κ2) is 9.59. The minimum absolute atomic E-state index is 0.114. The molecule has 0 fully saturated rings. The summed E-state index contributed by atoms with van der Waals surface area (Å²) in [4.78, 5) is 4.64. The molecule has 1 atom stereocenters. The maximum absolute atomic E-state index is 14.2. The third-order valence-corrected chi connectivity index (χ3v) is 5.76. The molecule has 4 aromatic carbocycles. The van der Waals surface area contributed by atoms with Crippen molar-refractivity contribution in [3.05, 3.63) is 138 Å². The van der Waals surface area contributed by atoms with Gasteiger partial charge >= 0.3 is 0 Å². The van der Waals surface area contributed by atoms with Crippen molar-refractivity contribution in [1.82, 2.24) is 0 Å². The van der Waals surface area contributed by atoms with Crippen LogP contribution in [0.2, 0.25) is 0 Å². The van der Waals surface area contributed by atoms with Crippen molar-refractivity contribution in [3.8, 4) is 5.75 Å². The number of ether oxygens (including phenoxy) is 1. The van der Waals surface area contributed by atoms with Gasteiger partial charge in [-0.15, -0.1) is 0 Å². The van der Waals surface area contributed by atoms with Crippen LogP contribution in [0.25, 0.3) is 5.57 Å². The summed E-state index contributed by atoms with van der Waals surface area (Å²) in [5, 5.41) is 14.2. The summed E-state index contributed by atoms with van der Waals surface area (Å²) in [5.41, 5.74) is 5.17. The van der Waals surface area contributed by atoms with E-state index < -0.39 is 0 Å². The number of rotatable bonds is 7. The second-order valence-corrected chi connectivity index (χ2v) is 7.95. The van der Waals surface area contributed by atoms with E-state index in [-0.39, 0.29) is 11.9 Å². The van der Waals surface area contributed by atoms with E-state index in [0.717, 1.165) is 33.8 Å². The molecule has 1 aliphatic rings. The van der Waals surface area contributed by atoms with Crippen LogP contribution in [0.15, 0.2) is 126 Å². The molecule has 1 heterocycles. The smallest absolute Gasteiger partial charge is 0.210 e. The fourth-order valence-electron chi connectivity index (χ4n) is 3.97. The van der Waals surface area contributed by atoms with E-state index in [0.29, 0.717) is 5.57 Å². The van der Waals surface area contributed by atoms with Gasteiger partial charge < -0.3 is 9.84 Å². The summed E-state index contributed by atoms with van der Waals surface area (Å²) in [7, 11) is 1.63. The molecular weight excluding hydrogens is 420 g/mol. The molecule has 34 heavy (non-hydrogen) atoms. The number of aliphatic imine (C=N–C) groups is 1. The van der Waals surface area contributed by atoms with Crippen LogP contribution in [0, 0.1) is 0 Å². The number of methoxy groups -OCH3 is 1. The summed E-state index contributed by atoms with van der Waals surface area (Å²) in [6, 6.07) is 37.0. The topological polar surface area (TPSA) is 47.7 Å². The monoisotopic (exact) mass is 444 g/mol. The highest BCUT2D eigenvalue weighted by molar-refractivity contribution is 6.21. The van der Waals surface area contributed by atoms with Crippen LogP contribution in [0.3, 0.4) is 0 Å². The first-order valence-corrected chi connectivity index (χ1v) is 11.2. The van der Waals surface area contributed by atoms with Crippen molar-refractivity contribution in [1.29, 1.82) is 0 Å². The predicted octanol–water partition coefficient (Wildman–Crippen LogP) is 5.06. The maximum Gasteiger partial charge on any atom is 0.210 e. The lowest BCUT2D eigenvalue weighted by atomic mass is 9.98. The fourth-order valence-corrected chi connectivity index (χ4v) is 3.97. The average molecular weight is 445 g/mol. The molecule has 0 saturated carbocycles. The third kappa shape index (κ3) is 4.52. The minimum atomic E-state index is -0.152. The Morgan fingerprint density at radius 2 is 1.29 bits per heavy atom. The molecule has 5 rings (SSSR count). The second-order valence-electron chi connectivity index (χ2n) is 7.95. The first-order chi connectivity index (χ1) is 16.7. The molecule has 4 heteroatoms. The SMILES string of the molecule is COc1ccc(/[N+](=C\C2N=C2c2ccccc2)C([O-])=C(c2ccccc2)c2ccccc2)cc1. The van der Waals surface area contributed by atoms with Gasteiger partial charge in [0.2, 0.25) is 5.69 Å². The number of benzene rings is 4. The first-order valence-electron chi connectivity index (χ1n) is 11.2. The standard InChI is InChI=1S/C30H24N2O2/c1-34-26-19-17-25(18-20-26)32(21-27-29(31-27)24-15-9-4-10-16-24)30(33)28(22-11-5-2-6-12-22)23-13-7-3-8-14-23/h2-21,27H,1H3/b32-21+. The molecule has 0 saturated heterocycles. The Balaban J connectivity index is 1.64. The average Bonchev–Trinajstić information content (AvgIpc) is 3.69. The van der Waals surface area contributed by atoms with Crippen molar-refractivity contribution in [2.75, 3.05) is 7.11 Å². The largest absolute Gasteiger partial charge is 0.822 e. The van der Waals surface area contributed by atoms with Gasteiger partial charge in [-0.2, -0.15) is 4.58 Å². The van der Waals surface area contributed by atoms with Crippen molar-refractivity contribution in [2.24, 2.45) is 4.99 Å². The van der Waals surface area contributed by atoms with E-state index in [9.17, 15) is 5.11 Å². The molecule has 1 aliphatic heterocycles. The number of hydrogen-bond acceptors (Lipinski definition) is 3. The van der Waals surface area contributed by atoms with Gasteiger partial charge in [0.05, 0.1) is 12.8 Å². The quantitative estimate of drug-likeness (QED) is 0.227.